The van der Waals surface area contributed by atoms with Gasteiger partial charge in [0.05, 0.1) is 31.9 Å². The van der Waals surface area contributed by atoms with Crippen molar-refractivity contribution in [3.63, 3.8) is 0 Å². The van der Waals surface area contributed by atoms with Crippen LogP contribution in [0.15, 0.2) is 0 Å². The number of aliphatic hydroxyl groups excluding tert-OH is 1. The van der Waals surface area contributed by atoms with Gasteiger partial charge in [-0.15, -0.1) is 0 Å². The van der Waals surface area contributed by atoms with Gasteiger partial charge >= 0.3 is 6.03 Å². The molecule has 9 heteroatoms. The Kier molecular flexibility index (Phi) is 5.90. The fourth-order valence-corrected chi connectivity index (χ4v) is 2.67. The maximum atomic E-state index is 13.1. The van der Waals surface area contributed by atoms with Gasteiger partial charge in [0.2, 0.25) is 0 Å². The van der Waals surface area contributed by atoms with E-state index in [0.29, 0.717) is 13.2 Å². The number of carbonyl (C=O) groups is 1. The van der Waals surface area contributed by atoms with E-state index in [-0.39, 0.29) is 32.7 Å². The van der Waals surface area contributed by atoms with Crippen molar-refractivity contribution in [2.45, 2.75) is 30.6 Å². The molecular weight excluding hydrogens is 300 g/mol. The van der Waals surface area contributed by atoms with Gasteiger partial charge in [-0.2, -0.15) is 0 Å². The minimum Gasteiger partial charge on any atom is -0.388 e. The average Bonchev–Trinajstić information content (AvgIpc) is 2.96. The minimum absolute atomic E-state index is 0.160. The lowest BCUT2D eigenvalue weighted by atomic mass is 10.1. The maximum Gasteiger partial charge on any atom is 0.315 e. The van der Waals surface area contributed by atoms with Crippen LogP contribution in [-0.4, -0.2) is 86.7 Å². The van der Waals surface area contributed by atoms with Crippen LogP contribution in [0.3, 0.4) is 0 Å². The van der Waals surface area contributed by atoms with Crippen LogP contribution in [-0.2, 0) is 9.47 Å². The second-order valence-electron chi connectivity index (χ2n) is 5.70. The summed E-state index contributed by atoms with van der Waals surface area (Å²) in [6.07, 6.45) is -1.65. The second kappa shape index (κ2) is 7.49. The Bertz CT molecular complexity index is 386. The van der Waals surface area contributed by atoms with Gasteiger partial charge in [0.15, 0.2) is 0 Å². The van der Waals surface area contributed by atoms with Crippen molar-refractivity contribution in [3.8, 4) is 0 Å². The van der Waals surface area contributed by atoms with E-state index in [1.165, 1.54) is 7.11 Å². The Morgan fingerprint density at radius 3 is 2.95 bits per heavy atom. The number of amides is 2. The molecule has 2 amide bonds. The lowest BCUT2D eigenvalue weighted by molar-refractivity contribution is -0.00728. The van der Waals surface area contributed by atoms with Crippen molar-refractivity contribution < 1.29 is 28.2 Å². The highest BCUT2D eigenvalue weighted by atomic mass is 19.3. The monoisotopic (exact) mass is 323 g/mol. The van der Waals surface area contributed by atoms with Crippen molar-refractivity contribution in [2.75, 3.05) is 46.5 Å². The molecule has 2 aliphatic rings. The average molecular weight is 323 g/mol. The summed E-state index contributed by atoms with van der Waals surface area (Å²) in [7, 11) is 1.53. The summed E-state index contributed by atoms with van der Waals surface area (Å²) < 4.78 is 36.5. The summed E-state index contributed by atoms with van der Waals surface area (Å²) in [6, 6.07) is -0.964. The van der Waals surface area contributed by atoms with Gasteiger partial charge in [-0.1, -0.05) is 0 Å². The smallest absolute Gasteiger partial charge is 0.315 e. The molecule has 0 saturated carbocycles. The molecular formula is C13H23F2N3O4. The zero-order valence-corrected chi connectivity index (χ0v) is 12.6. The van der Waals surface area contributed by atoms with E-state index in [9.17, 15) is 18.7 Å². The molecule has 0 spiro atoms. The van der Waals surface area contributed by atoms with Crippen LogP contribution in [0.2, 0.25) is 0 Å². The zero-order valence-electron chi connectivity index (χ0n) is 12.6. The van der Waals surface area contributed by atoms with Crippen LogP contribution in [0.1, 0.15) is 6.42 Å². The Morgan fingerprint density at radius 2 is 2.32 bits per heavy atom. The predicted molar refractivity (Wildman–Crippen MR) is 73.9 cm³/mol. The molecule has 0 aromatic carbocycles. The van der Waals surface area contributed by atoms with Crippen molar-refractivity contribution >= 4 is 6.03 Å². The molecule has 22 heavy (non-hydrogen) atoms. The normalized spacial score (nSPS) is 31.4. The molecule has 7 nitrogen and oxygen atoms in total. The second-order valence-corrected chi connectivity index (χ2v) is 5.70. The molecule has 0 aromatic heterocycles. The third-order valence-electron chi connectivity index (χ3n) is 3.88. The predicted octanol–water partition coefficient (Wildman–Crippen LogP) is -0.599. The molecule has 2 fully saturated rings. The number of nitrogens with one attached hydrogen (secondary N) is 2. The number of halogens is 2. The Hall–Kier alpha value is -1.03. The number of rotatable bonds is 6. The molecule has 2 aliphatic heterocycles. The van der Waals surface area contributed by atoms with Crippen LogP contribution in [0.4, 0.5) is 13.6 Å². The lowest BCUT2D eigenvalue weighted by Gasteiger charge is -2.23. The molecule has 0 bridgehead atoms. The number of carbonyl (C=O) groups excluding carboxylic acids is 1. The molecule has 0 aliphatic carbocycles. The number of hydrogen-bond donors (Lipinski definition) is 3. The van der Waals surface area contributed by atoms with Gasteiger partial charge in [-0.05, 0) is 0 Å². The first-order valence-corrected chi connectivity index (χ1v) is 7.34. The third-order valence-corrected chi connectivity index (χ3v) is 3.88. The third kappa shape index (κ3) is 4.73. The summed E-state index contributed by atoms with van der Waals surface area (Å²) in [5.41, 5.74) is 0. The van der Waals surface area contributed by atoms with Crippen LogP contribution < -0.4 is 10.6 Å². The molecule has 0 aromatic rings. The Labute approximate surface area is 127 Å². The molecule has 3 N–H and O–H groups in total. The van der Waals surface area contributed by atoms with E-state index in [1.54, 1.807) is 4.90 Å². The summed E-state index contributed by atoms with van der Waals surface area (Å²) >= 11 is 0. The van der Waals surface area contributed by atoms with E-state index in [0.717, 1.165) is 0 Å². The maximum absolute atomic E-state index is 13.1. The molecule has 0 radical (unpaired) electrons. The van der Waals surface area contributed by atoms with E-state index >= 15 is 0 Å². The molecule has 128 valence electrons. The molecule has 2 saturated heterocycles. The van der Waals surface area contributed by atoms with Crippen LogP contribution in [0.5, 0.6) is 0 Å². The zero-order chi connectivity index (χ0) is 16.2. The largest absolute Gasteiger partial charge is 0.388 e. The standard InChI is InChI=1S/C13H23F2N3O4/c1-21-5-3-16-12(20)17-9-7-22-10(11(9)19)6-18-4-2-13(14,15)8-18/h9-11,19H,2-8H2,1H3,(H2,16,17,20). The quantitative estimate of drug-likeness (QED) is 0.569. The number of nitrogens with zero attached hydrogens (tertiary/aromatic N) is 1. The number of ether oxygens (including phenoxy) is 2. The number of likely N-dealkylation sites (tertiary alicyclic amines) is 1. The first-order chi connectivity index (χ1) is 10.4. The fourth-order valence-electron chi connectivity index (χ4n) is 2.67. The van der Waals surface area contributed by atoms with Crippen LogP contribution in [0.25, 0.3) is 0 Å². The highest BCUT2D eigenvalue weighted by Gasteiger charge is 2.42. The van der Waals surface area contributed by atoms with Gasteiger partial charge in [-0.25, -0.2) is 13.6 Å². The summed E-state index contributed by atoms with van der Waals surface area (Å²) in [5.74, 6) is -2.66. The van der Waals surface area contributed by atoms with Crippen LogP contribution in [0, 0.1) is 0 Å². The first kappa shape index (κ1) is 17.3. The number of alkyl halides is 2. The van der Waals surface area contributed by atoms with E-state index in [4.69, 9.17) is 9.47 Å². The van der Waals surface area contributed by atoms with Gasteiger partial charge in [-0.3, -0.25) is 4.90 Å². The van der Waals surface area contributed by atoms with Crippen molar-refractivity contribution in [1.82, 2.24) is 15.5 Å². The van der Waals surface area contributed by atoms with Gasteiger partial charge < -0.3 is 25.2 Å². The number of methoxy groups -OCH3 is 1. The molecule has 3 atom stereocenters. The Morgan fingerprint density at radius 1 is 1.55 bits per heavy atom. The number of hydrogen-bond acceptors (Lipinski definition) is 5. The molecule has 2 heterocycles. The lowest BCUT2D eigenvalue weighted by Crippen LogP contribution is -2.50. The molecule has 3 unspecified atom stereocenters. The fraction of sp³-hybridized carbons (Fsp3) is 0.923. The SMILES string of the molecule is COCCNC(=O)NC1COC(CN2CCC(F)(F)C2)C1O. The summed E-state index contributed by atoms with van der Waals surface area (Å²) in [6.45, 7) is 1.12. The van der Waals surface area contributed by atoms with Crippen LogP contribution >= 0.6 is 0 Å². The topological polar surface area (TPSA) is 83.1 Å². The highest BCUT2D eigenvalue weighted by Crippen LogP contribution is 2.28. The highest BCUT2D eigenvalue weighted by molar-refractivity contribution is 5.74. The van der Waals surface area contributed by atoms with Gasteiger partial charge in [0.25, 0.3) is 5.92 Å². The van der Waals surface area contributed by atoms with Gasteiger partial charge in [0, 0.05) is 33.2 Å². The van der Waals surface area contributed by atoms with Crippen molar-refractivity contribution in [2.24, 2.45) is 0 Å². The summed E-state index contributed by atoms with van der Waals surface area (Å²) in [5, 5.41) is 15.3. The van der Waals surface area contributed by atoms with E-state index < -0.39 is 30.2 Å². The number of urea groups is 1. The van der Waals surface area contributed by atoms with Gasteiger partial charge in [0.1, 0.15) is 6.10 Å². The number of aliphatic hydroxyl groups is 1. The van der Waals surface area contributed by atoms with Crippen molar-refractivity contribution in [3.05, 3.63) is 0 Å². The Balaban J connectivity index is 1.73. The van der Waals surface area contributed by atoms with E-state index in [2.05, 4.69) is 10.6 Å². The molecule has 2 rings (SSSR count). The van der Waals surface area contributed by atoms with E-state index in [1.807, 2.05) is 0 Å². The first-order valence-electron chi connectivity index (χ1n) is 7.34. The minimum atomic E-state index is -2.66. The van der Waals surface area contributed by atoms with Crippen molar-refractivity contribution in [1.29, 1.82) is 0 Å². The summed E-state index contributed by atoms with van der Waals surface area (Å²) in [4.78, 5) is 13.2.